The molecule has 0 bridgehead atoms. The number of halogens is 1. The van der Waals surface area contributed by atoms with Crippen LogP contribution >= 0.6 is 0 Å². The molecule has 0 saturated heterocycles. The second-order valence-electron chi connectivity index (χ2n) is 1.57. The Morgan fingerprint density at radius 3 is 1.88 bits per heavy atom. The van der Waals surface area contributed by atoms with Gasteiger partial charge in [-0.15, -0.1) is 6.08 Å². The Labute approximate surface area is 78.7 Å². The van der Waals surface area contributed by atoms with Crippen molar-refractivity contribution in [1.82, 2.24) is 0 Å². The average Bonchev–Trinajstić information content (AvgIpc) is 1.35. The van der Waals surface area contributed by atoms with Crippen LogP contribution < -0.4 is 17.0 Å². The fourth-order valence-electron chi connectivity index (χ4n) is 0.289. The van der Waals surface area contributed by atoms with Crippen LogP contribution in [-0.4, -0.2) is 23.1 Å². The van der Waals surface area contributed by atoms with Crippen LogP contribution in [0.1, 0.15) is 20.3 Å². The third-order valence-corrected chi connectivity index (χ3v) is 0.553. The zero-order chi connectivity index (χ0) is 4.99. The first-order chi connectivity index (χ1) is 2.77. The van der Waals surface area contributed by atoms with Gasteiger partial charge in [-0.25, -0.2) is 0 Å². The monoisotopic (exact) mass is 186 g/mol. The third-order valence-electron chi connectivity index (χ3n) is 0.553. The molecule has 8 heavy (non-hydrogen) atoms. The summed E-state index contributed by atoms with van der Waals surface area (Å²) >= 11 is 0. The number of hydrogen-bond donors (Lipinski definition) is 0. The van der Waals surface area contributed by atoms with Gasteiger partial charge in [0.2, 0.25) is 0 Å². The molecule has 0 heterocycles. The normalized spacial score (nSPS) is 5.88. The fraction of sp³-hybridized carbons (Fsp3) is 0.500. The molecule has 0 radical (unpaired) electrons. The summed E-state index contributed by atoms with van der Waals surface area (Å²) in [5.74, 6) is 0. The molecule has 0 N–H and O–H groups in total. The Hall–Kier alpha value is 0.986. The zero-order valence-corrected chi connectivity index (χ0v) is 8.58. The molecular formula is C6H11BrMg. The number of allylic oxidation sites excluding steroid dienone is 2. The van der Waals surface area contributed by atoms with E-state index in [2.05, 4.69) is 26.8 Å². The van der Waals surface area contributed by atoms with Gasteiger partial charge in [-0.05, 0) is 13.8 Å². The smallest absolute Gasteiger partial charge is 1.00 e. The summed E-state index contributed by atoms with van der Waals surface area (Å²) in [5.41, 5.74) is 1.35. The van der Waals surface area contributed by atoms with Gasteiger partial charge in [0.05, 0.1) is 0 Å². The van der Waals surface area contributed by atoms with Crippen molar-refractivity contribution < 1.29 is 17.0 Å². The van der Waals surface area contributed by atoms with Gasteiger partial charge in [-0.3, -0.25) is 0 Å². The Morgan fingerprint density at radius 2 is 1.88 bits per heavy atom. The molecule has 0 fully saturated rings. The molecule has 0 aliphatic rings. The molecule has 0 atom stereocenters. The topological polar surface area (TPSA) is 0 Å². The van der Waals surface area contributed by atoms with Gasteiger partial charge in [0.15, 0.2) is 0 Å². The molecular weight excluding hydrogens is 176 g/mol. The van der Waals surface area contributed by atoms with Crippen molar-refractivity contribution in [3.05, 3.63) is 18.6 Å². The van der Waals surface area contributed by atoms with Crippen molar-refractivity contribution in [3.8, 4) is 0 Å². The predicted octanol–water partition coefficient (Wildman–Crippen LogP) is -1.20. The van der Waals surface area contributed by atoms with Crippen LogP contribution in [0, 0.1) is 6.92 Å². The largest absolute Gasteiger partial charge is 2.00 e. The summed E-state index contributed by atoms with van der Waals surface area (Å²) in [7, 11) is 0. The fourth-order valence-corrected chi connectivity index (χ4v) is 0.289. The molecule has 0 aliphatic carbocycles. The first-order valence-corrected chi connectivity index (χ1v) is 2.20. The molecule has 0 aliphatic heterocycles. The summed E-state index contributed by atoms with van der Waals surface area (Å²) in [5, 5.41) is 0. The van der Waals surface area contributed by atoms with Gasteiger partial charge in [-0.1, -0.05) is 5.57 Å². The molecule has 0 aromatic rings. The maximum Gasteiger partial charge on any atom is 2.00 e. The van der Waals surface area contributed by atoms with Crippen molar-refractivity contribution in [1.29, 1.82) is 0 Å². The van der Waals surface area contributed by atoms with E-state index in [0.717, 1.165) is 6.42 Å². The Kier molecular flexibility index (Phi) is 21.7. The summed E-state index contributed by atoms with van der Waals surface area (Å²) in [6.45, 7) is 7.80. The third kappa shape index (κ3) is 15.8. The summed E-state index contributed by atoms with van der Waals surface area (Å²) in [6, 6.07) is 0. The second kappa shape index (κ2) is 10.9. The van der Waals surface area contributed by atoms with Gasteiger partial charge >= 0.3 is 23.1 Å². The van der Waals surface area contributed by atoms with Gasteiger partial charge < -0.3 is 23.9 Å². The van der Waals surface area contributed by atoms with E-state index in [9.17, 15) is 0 Å². The number of rotatable bonds is 1. The predicted molar refractivity (Wildman–Crippen MR) is 35.2 cm³/mol. The molecule has 0 amide bonds. The van der Waals surface area contributed by atoms with Crippen molar-refractivity contribution in [2.24, 2.45) is 0 Å². The van der Waals surface area contributed by atoms with Gasteiger partial charge in [0.1, 0.15) is 0 Å². The SMILES string of the molecule is [Br-].[CH2-]CC=C(C)C.[Mg+2]. The quantitative estimate of drug-likeness (QED) is 0.275. The molecule has 0 rings (SSSR count). The van der Waals surface area contributed by atoms with E-state index in [-0.39, 0.29) is 40.0 Å². The van der Waals surface area contributed by atoms with Gasteiger partial charge in [0, 0.05) is 0 Å². The van der Waals surface area contributed by atoms with Crippen LogP contribution in [0.3, 0.4) is 0 Å². The minimum atomic E-state index is 0. The molecule has 0 saturated carbocycles. The molecule has 0 aromatic carbocycles. The van der Waals surface area contributed by atoms with Crippen molar-refractivity contribution >= 4 is 23.1 Å². The van der Waals surface area contributed by atoms with Crippen LogP contribution in [0.2, 0.25) is 0 Å². The van der Waals surface area contributed by atoms with Crippen LogP contribution in [0.4, 0.5) is 0 Å². The summed E-state index contributed by atoms with van der Waals surface area (Å²) < 4.78 is 0. The average molecular weight is 187 g/mol. The van der Waals surface area contributed by atoms with Crippen molar-refractivity contribution in [3.63, 3.8) is 0 Å². The summed E-state index contributed by atoms with van der Waals surface area (Å²) in [4.78, 5) is 0. The molecule has 2 heteroatoms. The van der Waals surface area contributed by atoms with Gasteiger partial charge in [-0.2, -0.15) is 6.42 Å². The zero-order valence-electron chi connectivity index (χ0n) is 5.58. The van der Waals surface area contributed by atoms with Crippen LogP contribution in [0.15, 0.2) is 11.6 Å². The first-order valence-electron chi connectivity index (χ1n) is 2.20. The van der Waals surface area contributed by atoms with Crippen LogP contribution in [0.25, 0.3) is 0 Å². The van der Waals surface area contributed by atoms with E-state index in [1.54, 1.807) is 0 Å². The van der Waals surface area contributed by atoms with Crippen LogP contribution in [0.5, 0.6) is 0 Å². The molecule has 0 aromatic heterocycles. The number of hydrogen-bond acceptors (Lipinski definition) is 0. The second-order valence-corrected chi connectivity index (χ2v) is 1.57. The Balaban J connectivity index is -0.000000125. The minimum Gasteiger partial charge on any atom is -1.00 e. The van der Waals surface area contributed by atoms with E-state index in [1.807, 2.05) is 0 Å². The van der Waals surface area contributed by atoms with E-state index in [0.29, 0.717) is 0 Å². The van der Waals surface area contributed by atoms with Crippen molar-refractivity contribution in [2.45, 2.75) is 20.3 Å². The van der Waals surface area contributed by atoms with Gasteiger partial charge in [0.25, 0.3) is 0 Å². The van der Waals surface area contributed by atoms with E-state index in [4.69, 9.17) is 0 Å². The maximum atomic E-state index is 3.65. The van der Waals surface area contributed by atoms with E-state index in [1.165, 1.54) is 5.57 Å². The van der Waals surface area contributed by atoms with Crippen LogP contribution in [-0.2, 0) is 0 Å². The first kappa shape index (κ1) is 16.0. The summed E-state index contributed by atoms with van der Waals surface area (Å²) in [6.07, 6.45) is 3.02. The molecule has 0 unspecified atom stereocenters. The molecule has 0 spiro atoms. The van der Waals surface area contributed by atoms with E-state index >= 15 is 0 Å². The standard InChI is InChI=1S/C6H11.BrH.Mg/c1-4-5-6(2)3;;/h5H,1,4H2,2-3H3;1H;/q-1;;+2/p-1. The Bertz CT molecular complexity index is 55.5. The molecule has 44 valence electrons. The maximum absolute atomic E-state index is 3.65. The van der Waals surface area contributed by atoms with E-state index < -0.39 is 0 Å². The molecule has 0 nitrogen and oxygen atoms in total. The Morgan fingerprint density at radius 1 is 1.50 bits per heavy atom. The minimum absolute atomic E-state index is 0. The van der Waals surface area contributed by atoms with Crippen molar-refractivity contribution in [2.75, 3.05) is 0 Å².